The number of carbonyl (C=O) groups is 2. The zero-order chi connectivity index (χ0) is 21.1. The highest BCUT2D eigenvalue weighted by molar-refractivity contribution is 5.97. The first-order valence-electron chi connectivity index (χ1n) is 10.4. The van der Waals surface area contributed by atoms with Crippen LogP contribution in [-0.4, -0.2) is 18.2 Å². The van der Waals surface area contributed by atoms with Crippen LogP contribution in [0.5, 0.6) is 0 Å². The first kappa shape index (κ1) is 20.0. The molecule has 1 amide bonds. The summed E-state index contributed by atoms with van der Waals surface area (Å²) in [5, 5.41) is 0. The van der Waals surface area contributed by atoms with E-state index in [2.05, 4.69) is 6.07 Å². The van der Waals surface area contributed by atoms with E-state index in [1.165, 1.54) is 17.7 Å². The molecular formula is C26H24FNO2. The summed E-state index contributed by atoms with van der Waals surface area (Å²) in [4.78, 5) is 26.4. The third-order valence-electron chi connectivity index (χ3n) is 5.65. The third-order valence-corrected chi connectivity index (χ3v) is 5.65. The molecule has 0 bridgehead atoms. The molecule has 0 saturated heterocycles. The zero-order valence-corrected chi connectivity index (χ0v) is 17.0. The molecule has 3 aromatic carbocycles. The van der Waals surface area contributed by atoms with E-state index in [9.17, 15) is 14.0 Å². The van der Waals surface area contributed by atoms with Crippen LogP contribution in [0.2, 0.25) is 0 Å². The van der Waals surface area contributed by atoms with E-state index in [4.69, 9.17) is 0 Å². The lowest BCUT2D eigenvalue weighted by atomic mass is 9.98. The number of amides is 1. The smallest absolute Gasteiger partial charge is 0.226 e. The molecule has 0 radical (unpaired) electrons. The molecule has 152 valence electrons. The summed E-state index contributed by atoms with van der Waals surface area (Å²) in [7, 11) is 0. The number of nitrogens with zero attached hydrogens (tertiary/aromatic N) is 1. The molecule has 0 saturated carbocycles. The molecule has 4 rings (SSSR count). The minimum atomic E-state index is -0.277. The number of anilines is 1. The second-order valence-electron chi connectivity index (χ2n) is 7.62. The van der Waals surface area contributed by atoms with Crippen LogP contribution in [0.25, 0.3) is 11.1 Å². The predicted molar refractivity (Wildman–Crippen MR) is 117 cm³/mol. The molecule has 1 aliphatic heterocycles. The van der Waals surface area contributed by atoms with Crippen LogP contribution in [0, 0.1) is 5.82 Å². The molecule has 30 heavy (non-hydrogen) atoms. The van der Waals surface area contributed by atoms with Gasteiger partial charge in [-0.3, -0.25) is 9.59 Å². The number of aryl methyl sites for hydroxylation is 1. The number of ketones is 1. The van der Waals surface area contributed by atoms with Gasteiger partial charge in [-0.25, -0.2) is 4.39 Å². The van der Waals surface area contributed by atoms with Gasteiger partial charge in [0.2, 0.25) is 5.91 Å². The monoisotopic (exact) mass is 401 g/mol. The van der Waals surface area contributed by atoms with Crippen molar-refractivity contribution in [2.75, 3.05) is 11.4 Å². The van der Waals surface area contributed by atoms with E-state index >= 15 is 0 Å². The van der Waals surface area contributed by atoms with Gasteiger partial charge in [-0.2, -0.15) is 0 Å². The van der Waals surface area contributed by atoms with Crippen molar-refractivity contribution >= 4 is 17.4 Å². The number of rotatable bonds is 6. The van der Waals surface area contributed by atoms with Gasteiger partial charge in [0.05, 0.1) is 0 Å². The normalized spacial score (nSPS) is 12.7. The lowest BCUT2D eigenvalue weighted by molar-refractivity contribution is -0.118. The fourth-order valence-corrected chi connectivity index (χ4v) is 3.97. The Morgan fingerprint density at radius 3 is 2.47 bits per heavy atom. The van der Waals surface area contributed by atoms with Crippen LogP contribution in [0.4, 0.5) is 10.1 Å². The maximum Gasteiger partial charge on any atom is 0.226 e. The summed E-state index contributed by atoms with van der Waals surface area (Å²) in [5.74, 6) is -0.0723. The minimum absolute atomic E-state index is 0.0495. The summed E-state index contributed by atoms with van der Waals surface area (Å²) in [6, 6.07) is 20.2. The van der Waals surface area contributed by atoms with Crippen LogP contribution < -0.4 is 4.90 Å². The second-order valence-corrected chi connectivity index (χ2v) is 7.62. The van der Waals surface area contributed by atoms with Gasteiger partial charge >= 0.3 is 0 Å². The zero-order valence-electron chi connectivity index (χ0n) is 17.0. The first-order valence-corrected chi connectivity index (χ1v) is 10.4. The molecule has 4 heteroatoms. The van der Waals surface area contributed by atoms with E-state index in [0.717, 1.165) is 35.3 Å². The van der Waals surface area contributed by atoms with Gasteiger partial charge in [0.15, 0.2) is 5.78 Å². The maximum absolute atomic E-state index is 13.3. The molecule has 3 aromatic rings. The first-order chi connectivity index (χ1) is 14.5. The van der Waals surface area contributed by atoms with Gasteiger partial charge in [-0.1, -0.05) is 49.4 Å². The number of benzene rings is 3. The van der Waals surface area contributed by atoms with Gasteiger partial charge in [-0.05, 0) is 59.4 Å². The average molecular weight is 401 g/mol. The van der Waals surface area contributed by atoms with Gasteiger partial charge in [0.25, 0.3) is 0 Å². The van der Waals surface area contributed by atoms with Crippen LogP contribution in [0.1, 0.15) is 41.3 Å². The Bertz CT molecular complexity index is 1090. The number of Topliss-reactive ketones (excluding diaryl/α,β-unsaturated/α-hetero) is 1. The van der Waals surface area contributed by atoms with Crippen molar-refractivity contribution in [1.29, 1.82) is 0 Å². The Balaban J connectivity index is 1.45. The number of fused-ring (bicyclic) bond motifs is 1. The quantitative estimate of drug-likeness (QED) is 0.504. The highest BCUT2D eigenvalue weighted by atomic mass is 19.1. The minimum Gasteiger partial charge on any atom is -0.312 e. The lowest BCUT2D eigenvalue weighted by Crippen LogP contribution is -2.27. The summed E-state index contributed by atoms with van der Waals surface area (Å²) >= 11 is 0. The van der Waals surface area contributed by atoms with E-state index in [0.29, 0.717) is 24.8 Å². The van der Waals surface area contributed by atoms with E-state index in [1.807, 2.05) is 54.3 Å². The topological polar surface area (TPSA) is 37.4 Å². The highest BCUT2D eigenvalue weighted by Crippen LogP contribution is 2.33. The fraction of sp³-hybridized carbons (Fsp3) is 0.231. The Labute approximate surface area is 176 Å². The summed E-state index contributed by atoms with van der Waals surface area (Å²) in [6.07, 6.45) is 2.25. The standard InChI is InChI=1S/C26H24FNO2/c1-2-26(30)28-15-14-22-17-21(11-12-24(22)28)19-7-9-20(10-8-19)25(29)13-6-18-4-3-5-23(27)16-18/h3-5,7-12,16-17H,2,6,13-15H2,1H3. The summed E-state index contributed by atoms with van der Waals surface area (Å²) in [5.41, 5.74) is 5.81. The maximum atomic E-state index is 13.3. The molecule has 3 nitrogen and oxygen atoms in total. The molecule has 0 unspecified atom stereocenters. The van der Waals surface area contributed by atoms with Gasteiger partial charge in [0.1, 0.15) is 5.82 Å². The largest absolute Gasteiger partial charge is 0.312 e. The van der Waals surface area contributed by atoms with E-state index in [1.54, 1.807) is 6.07 Å². The average Bonchev–Trinajstić information content (AvgIpc) is 3.20. The van der Waals surface area contributed by atoms with Crippen molar-refractivity contribution in [3.8, 4) is 11.1 Å². The number of carbonyl (C=O) groups excluding carboxylic acids is 2. The van der Waals surface area contributed by atoms with Gasteiger partial charge in [-0.15, -0.1) is 0 Å². The molecule has 0 spiro atoms. The molecule has 0 aromatic heterocycles. The van der Waals surface area contributed by atoms with Crippen molar-refractivity contribution in [2.24, 2.45) is 0 Å². The van der Waals surface area contributed by atoms with E-state index in [-0.39, 0.29) is 17.5 Å². The fourth-order valence-electron chi connectivity index (χ4n) is 3.97. The Hall–Kier alpha value is -3.27. The summed E-state index contributed by atoms with van der Waals surface area (Å²) in [6.45, 7) is 2.62. The molecule has 0 aliphatic carbocycles. The number of hydrogen-bond donors (Lipinski definition) is 0. The van der Waals surface area contributed by atoms with Crippen molar-refractivity contribution < 1.29 is 14.0 Å². The Morgan fingerprint density at radius 1 is 0.967 bits per heavy atom. The highest BCUT2D eigenvalue weighted by Gasteiger charge is 2.23. The molecule has 1 aliphatic rings. The molecule has 0 N–H and O–H groups in total. The van der Waals surface area contributed by atoms with Crippen molar-refractivity contribution in [3.05, 3.63) is 89.2 Å². The molecular weight excluding hydrogens is 377 g/mol. The van der Waals surface area contributed by atoms with Crippen molar-refractivity contribution in [1.82, 2.24) is 0 Å². The number of hydrogen-bond acceptors (Lipinski definition) is 2. The Morgan fingerprint density at radius 2 is 1.73 bits per heavy atom. The van der Waals surface area contributed by atoms with Crippen molar-refractivity contribution in [3.63, 3.8) is 0 Å². The van der Waals surface area contributed by atoms with Crippen LogP contribution >= 0.6 is 0 Å². The van der Waals surface area contributed by atoms with Crippen LogP contribution in [0.3, 0.4) is 0 Å². The Kier molecular flexibility index (Phi) is 5.75. The number of halogens is 1. The summed E-state index contributed by atoms with van der Waals surface area (Å²) < 4.78 is 13.3. The molecule has 0 fully saturated rings. The molecule has 1 heterocycles. The van der Waals surface area contributed by atoms with Gasteiger partial charge in [0, 0.05) is 30.6 Å². The second kappa shape index (κ2) is 8.62. The lowest BCUT2D eigenvalue weighted by Gasteiger charge is -2.16. The predicted octanol–water partition coefficient (Wildman–Crippen LogP) is 5.61. The molecule has 0 atom stereocenters. The van der Waals surface area contributed by atoms with Crippen LogP contribution in [0.15, 0.2) is 66.7 Å². The van der Waals surface area contributed by atoms with Crippen LogP contribution in [-0.2, 0) is 17.6 Å². The SMILES string of the molecule is CCC(=O)N1CCc2cc(-c3ccc(C(=O)CCc4cccc(F)c4)cc3)ccc21. The van der Waals surface area contributed by atoms with Gasteiger partial charge < -0.3 is 4.90 Å². The third kappa shape index (κ3) is 4.18. The van der Waals surface area contributed by atoms with E-state index < -0.39 is 0 Å². The van der Waals surface area contributed by atoms with Crippen molar-refractivity contribution in [2.45, 2.75) is 32.6 Å².